The third-order valence-corrected chi connectivity index (χ3v) is 8.95. The Morgan fingerprint density at radius 3 is 2.29 bits per heavy atom. The van der Waals surface area contributed by atoms with Gasteiger partial charge in [-0.3, -0.25) is 0 Å². The molecule has 216 valence electrons. The van der Waals surface area contributed by atoms with Crippen molar-refractivity contribution in [2.45, 2.75) is 91.9 Å². The summed E-state index contributed by atoms with van der Waals surface area (Å²) in [4.78, 5) is 25.4. The van der Waals surface area contributed by atoms with Crippen LogP contribution in [0, 0.1) is 18.3 Å². The molecule has 0 atom stereocenters. The van der Waals surface area contributed by atoms with E-state index in [1.807, 2.05) is 25.1 Å². The van der Waals surface area contributed by atoms with Crippen LogP contribution in [0.1, 0.15) is 107 Å². The van der Waals surface area contributed by atoms with E-state index >= 15 is 0 Å². The second-order valence-corrected chi connectivity index (χ2v) is 11.7. The van der Waals surface area contributed by atoms with Crippen LogP contribution in [-0.2, 0) is 0 Å². The van der Waals surface area contributed by atoms with Crippen LogP contribution in [0.5, 0.6) is 0 Å². The predicted octanol–water partition coefficient (Wildman–Crippen LogP) is 6.45. The molecular formula is C33H43N6OS+. The molecule has 3 aromatic heterocycles. The maximum atomic E-state index is 13.3. The Bertz CT molecular complexity index is 1590. The van der Waals surface area contributed by atoms with E-state index in [1.54, 1.807) is 11.3 Å². The number of nitriles is 1. The highest BCUT2D eigenvalue weighted by Gasteiger charge is 2.26. The third-order valence-electron chi connectivity index (χ3n) is 7.89. The molecule has 0 saturated carbocycles. The second-order valence-electron chi connectivity index (χ2n) is 10.7. The van der Waals surface area contributed by atoms with Crippen LogP contribution in [0.3, 0.4) is 0 Å². The molecule has 0 saturated heterocycles. The average molecular weight is 572 g/mol. The molecule has 0 amide bonds. The van der Waals surface area contributed by atoms with Gasteiger partial charge in [-0.2, -0.15) is 5.26 Å². The zero-order chi connectivity index (χ0) is 29.4. The van der Waals surface area contributed by atoms with Gasteiger partial charge >= 0.3 is 5.56 Å². The Labute approximate surface area is 247 Å². The Morgan fingerprint density at radius 1 is 1.05 bits per heavy atom. The van der Waals surface area contributed by atoms with E-state index < -0.39 is 0 Å². The quantitative estimate of drug-likeness (QED) is 0.162. The summed E-state index contributed by atoms with van der Waals surface area (Å²) in [6, 6.07) is 12.4. The van der Waals surface area contributed by atoms with Crippen molar-refractivity contribution in [3.05, 3.63) is 67.7 Å². The van der Waals surface area contributed by atoms with Gasteiger partial charge < -0.3 is 4.90 Å². The first-order chi connectivity index (χ1) is 20.0. The molecular weight excluding hydrogens is 528 g/mol. The summed E-state index contributed by atoms with van der Waals surface area (Å²) < 4.78 is 1.39. The average Bonchev–Trinajstić information content (AvgIpc) is 3.61. The lowest BCUT2D eigenvalue weighted by atomic mass is 10.0. The smallest absolute Gasteiger partial charge is 0.348 e. The molecule has 8 heteroatoms. The van der Waals surface area contributed by atoms with Crippen LogP contribution in [-0.4, -0.2) is 27.7 Å². The van der Waals surface area contributed by atoms with E-state index in [0.717, 1.165) is 71.1 Å². The first kappa shape index (κ1) is 30.4. The van der Waals surface area contributed by atoms with E-state index in [-0.39, 0.29) is 17.0 Å². The summed E-state index contributed by atoms with van der Waals surface area (Å²) in [6.07, 6.45) is 11.0. The van der Waals surface area contributed by atoms with E-state index in [1.165, 1.54) is 30.2 Å². The first-order valence-corrected chi connectivity index (χ1v) is 16.0. The van der Waals surface area contributed by atoms with Crippen LogP contribution in [0.4, 0.5) is 5.13 Å². The summed E-state index contributed by atoms with van der Waals surface area (Å²) in [5.74, 6) is 0.991. The highest BCUT2D eigenvalue weighted by atomic mass is 32.1. The van der Waals surface area contributed by atoms with Crippen LogP contribution in [0.2, 0.25) is 0 Å². The molecule has 0 radical (unpaired) electrons. The summed E-state index contributed by atoms with van der Waals surface area (Å²) in [5.41, 5.74) is 3.01. The number of rotatable bonds is 14. The molecule has 4 rings (SSSR count). The van der Waals surface area contributed by atoms with Gasteiger partial charge in [-0.05, 0) is 48.8 Å². The molecule has 0 bridgehead atoms. The molecule has 0 spiro atoms. The first-order valence-electron chi connectivity index (χ1n) is 15.2. The van der Waals surface area contributed by atoms with Gasteiger partial charge in [-0.15, -0.1) is 0 Å². The van der Waals surface area contributed by atoms with Gasteiger partial charge in [-0.1, -0.05) is 95.0 Å². The zero-order valence-corrected chi connectivity index (χ0v) is 26.0. The van der Waals surface area contributed by atoms with Crippen molar-refractivity contribution in [2.75, 3.05) is 18.0 Å². The zero-order valence-electron chi connectivity index (χ0n) is 25.2. The standard InChI is InChI=1S/C33H42N6OS/c1-6-10-15-19-38(20-16-11-7-2)33-35-29(25-17-13-12-14-18-25)28(41-33)21-26-23(5)27(22-34)32(40)39-31(26)36-30(37-39)24(8-3)9-4/h12-14,17-18,21,24H,6-11,15-16,19-20H2,1-5H3/p+1/b26-21+. The number of anilines is 1. The number of fused-ring (bicyclic) bond motifs is 1. The van der Waals surface area contributed by atoms with Crippen molar-refractivity contribution < 1.29 is 4.98 Å². The number of aromatic nitrogens is 4. The largest absolute Gasteiger partial charge is 0.361 e. The van der Waals surface area contributed by atoms with E-state index in [9.17, 15) is 10.1 Å². The fourth-order valence-electron chi connectivity index (χ4n) is 5.33. The van der Waals surface area contributed by atoms with Crippen molar-refractivity contribution in [1.29, 1.82) is 5.26 Å². The monoisotopic (exact) mass is 571 g/mol. The molecule has 4 aromatic rings. The minimum Gasteiger partial charge on any atom is -0.348 e. The van der Waals surface area contributed by atoms with E-state index in [4.69, 9.17) is 4.98 Å². The van der Waals surface area contributed by atoms with Crippen LogP contribution < -0.4 is 20.7 Å². The van der Waals surface area contributed by atoms with Crippen molar-refractivity contribution in [1.82, 2.24) is 14.6 Å². The maximum Gasteiger partial charge on any atom is 0.361 e. The number of nitrogens with zero attached hydrogens (tertiary/aromatic N) is 5. The third kappa shape index (κ3) is 6.68. The van der Waals surface area contributed by atoms with Crippen molar-refractivity contribution in [3.63, 3.8) is 0 Å². The Balaban J connectivity index is 1.95. The molecule has 1 N–H and O–H groups in total. The summed E-state index contributed by atoms with van der Waals surface area (Å²) in [5, 5.41) is 16.4. The fraction of sp³-hybridized carbons (Fsp3) is 0.485. The van der Waals surface area contributed by atoms with Gasteiger partial charge in [0.1, 0.15) is 11.6 Å². The SMILES string of the molecule is CCCCCN(CCCCC)c1nc(-c2ccccc2)c(/C=c2\c(C)c(C#N)c(=O)n3nc(C(CC)CC)[nH+]c23)s1. The molecule has 7 nitrogen and oxygen atoms in total. The van der Waals surface area contributed by atoms with Crippen molar-refractivity contribution >= 4 is 28.2 Å². The summed E-state index contributed by atoms with van der Waals surface area (Å²) >= 11 is 1.69. The second kappa shape index (κ2) is 14.4. The molecule has 3 heterocycles. The topological polar surface area (TPSA) is 88.4 Å². The Morgan fingerprint density at radius 2 is 1.71 bits per heavy atom. The fourth-order valence-corrected chi connectivity index (χ4v) is 6.41. The molecule has 0 aliphatic heterocycles. The maximum absolute atomic E-state index is 13.3. The number of nitrogens with one attached hydrogen (secondary N) is 1. The number of benzene rings is 1. The predicted molar refractivity (Wildman–Crippen MR) is 168 cm³/mol. The number of pyridine rings is 1. The molecule has 41 heavy (non-hydrogen) atoms. The molecule has 0 aliphatic carbocycles. The highest BCUT2D eigenvalue weighted by Crippen LogP contribution is 2.34. The number of hydrogen-bond donors (Lipinski definition) is 0. The van der Waals surface area contributed by atoms with Gasteiger partial charge in [0, 0.05) is 23.8 Å². The van der Waals surface area contributed by atoms with Gasteiger partial charge in [0.2, 0.25) is 0 Å². The van der Waals surface area contributed by atoms with Crippen LogP contribution in [0.15, 0.2) is 35.1 Å². The van der Waals surface area contributed by atoms with Crippen molar-refractivity contribution in [3.8, 4) is 17.3 Å². The lowest BCUT2D eigenvalue weighted by Crippen LogP contribution is -2.29. The van der Waals surface area contributed by atoms with E-state index in [2.05, 4.69) is 67.0 Å². The van der Waals surface area contributed by atoms with Crippen LogP contribution >= 0.6 is 11.3 Å². The Hall–Kier alpha value is -3.57. The van der Waals surface area contributed by atoms with Crippen LogP contribution in [0.25, 0.3) is 23.0 Å². The number of H-pyrrole nitrogens is 1. The Kier molecular flexibility index (Phi) is 10.6. The van der Waals surface area contributed by atoms with E-state index in [0.29, 0.717) is 11.2 Å². The lowest BCUT2D eigenvalue weighted by Gasteiger charge is -2.21. The van der Waals surface area contributed by atoms with Crippen molar-refractivity contribution in [2.24, 2.45) is 0 Å². The summed E-state index contributed by atoms with van der Waals surface area (Å²) in [7, 11) is 0. The van der Waals surface area contributed by atoms with Gasteiger partial charge in [-0.25, -0.2) is 14.8 Å². The number of unbranched alkanes of at least 4 members (excludes halogenated alkanes) is 4. The number of thiazole rings is 1. The molecule has 1 aromatic carbocycles. The molecule has 0 aliphatic rings. The molecule has 0 unspecified atom stereocenters. The normalized spacial score (nSPS) is 12.0. The minimum absolute atomic E-state index is 0.128. The lowest BCUT2D eigenvalue weighted by molar-refractivity contribution is -0.363. The van der Waals surface area contributed by atoms with Gasteiger partial charge in [0.25, 0.3) is 11.5 Å². The molecule has 0 fully saturated rings. The van der Waals surface area contributed by atoms with Gasteiger partial charge in [0.05, 0.1) is 21.7 Å². The number of hydrogen-bond acceptors (Lipinski definition) is 6. The minimum atomic E-state index is -0.378. The highest BCUT2D eigenvalue weighted by molar-refractivity contribution is 7.16. The number of aromatic amines is 1. The summed E-state index contributed by atoms with van der Waals surface area (Å²) in [6.45, 7) is 12.6. The van der Waals surface area contributed by atoms with Gasteiger partial charge in [0.15, 0.2) is 5.13 Å².